The van der Waals surface area contributed by atoms with Crippen molar-refractivity contribution in [1.29, 1.82) is 0 Å². The summed E-state index contributed by atoms with van der Waals surface area (Å²) >= 11 is 0. The number of rotatable bonds is 1. The molecule has 3 heteroatoms. The number of carbonyl (C=O) groups excluding carboxylic acids is 1. The van der Waals surface area contributed by atoms with E-state index >= 15 is 0 Å². The van der Waals surface area contributed by atoms with E-state index in [1.54, 1.807) is 0 Å². The molecule has 0 saturated heterocycles. The molecule has 0 heterocycles. The summed E-state index contributed by atoms with van der Waals surface area (Å²) in [7, 11) is 0. The van der Waals surface area contributed by atoms with Gasteiger partial charge in [-0.1, -0.05) is 6.08 Å². The zero-order valence-corrected chi connectivity index (χ0v) is 5.33. The molecule has 0 aromatic carbocycles. The number of amides is 1. The zero-order chi connectivity index (χ0) is 7.14. The largest absolute Gasteiger partial charge is 0.442 e. The Hall–Kier alpha value is -1.25. The number of hydrogen-bond donors (Lipinski definition) is 1. The van der Waals surface area contributed by atoms with E-state index in [0.29, 0.717) is 0 Å². The first-order valence-electron chi connectivity index (χ1n) is 3.14. The quantitative estimate of drug-likeness (QED) is 0.579. The summed E-state index contributed by atoms with van der Waals surface area (Å²) in [6, 6.07) is 0. The fourth-order valence-corrected chi connectivity index (χ4v) is 1.18. The van der Waals surface area contributed by atoms with Gasteiger partial charge in [0.05, 0.1) is 0 Å². The van der Waals surface area contributed by atoms with Crippen LogP contribution in [-0.4, -0.2) is 12.2 Å². The second-order valence-electron chi connectivity index (χ2n) is 2.47. The van der Waals surface area contributed by atoms with Crippen molar-refractivity contribution >= 4 is 6.09 Å². The van der Waals surface area contributed by atoms with Crippen LogP contribution < -0.4 is 5.73 Å². The van der Waals surface area contributed by atoms with Gasteiger partial charge in [-0.25, -0.2) is 4.79 Å². The number of fused-ring (bicyclic) bond motifs is 1. The molecule has 52 valence electrons. The molecule has 2 rings (SSSR count). The number of carbonyl (C=O) groups is 1. The first kappa shape index (κ1) is 5.53. The minimum Gasteiger partial charge on any atom is -0.442 e. The Labute approximate surface area is 58.2 Å². The third-order valence-electron chi connectivity index (χ3n) is 1.67. The van der Waals surface area contributed by atoms with Crippen molar-refractivity contribution in [3.8, 4) is 0 Å². The number of ether oxygens (including phenoxy) is 1. The lowest BCUT2D eigenvalue weighted by molar-refractivity contribution is 0.132. The Morgan fingerprint density at radius 1 is 1.80 bits per heavy atom. The van der Waals surface area contributed by atoms with Gasteiger partial charge in [-0.15, -0.1) is 0 Å². The van der Waals surface area contributed by atoms with Gasteiger partial charge in [-0.05, 0) is 17.2 Å². The van der Waals surface area contributed by atoms with Crippen molar-refractivity contribution in [3.63, 3.8) is 0 Å². The summed E-state index contributed by atoms with van der Waals surface area (Å²) in [5, 5.41) is 0. The lowest BCUT2D eigenvalue weighted by Crippen LogP contribution is -2.19. The summed E-state index contributed by atoms with van der Waals surface area (Å²) in [4.78, 5) is 10.2. The van der Waals surface area contributed by atoms with Gasteiger partial charge in [0, 0.05) is 6.42 Å². The summed E-state index contributed by atoms with van der Waals surface area (Å²) in [5.74, 6) is 0. The van der Waals surface area contributed by atoms with Gasteiger partial charge in [-0.3, -0.25) is 0 Å². The Bertz CT molecular complexity index is 252. The molecule has 0 aliphatic heterocycles. The van der Waals surface area contributed by atoms with E-state index < -0.39 is 6.09 Å². The Morgan fingerprint density at radius 2 is 2.60 bits per heavy atom. The molecule has 2 N–H and O–H groups in total. The Balaban J connectivity index is 1.93. The lowest BCUT2D eigenvalue weighted by atomic mass is 10.3. The molecule has 2 aliphatic rings. The van der Waals surface area contributed by atoms with Crippen molar-refractivity contribution in [1.82, 2.24) is 0 Å². The Kier molecular flexibility index (Phi) is 0.897. The van der Waals surface area contributed by atoms with E-state index in [2.05, 4.69) is 6.08 Å². The zero-order valence-electron chi connectivity index (χ0n) is 5.33. The molecule has 0 bridgehead atoms. The average molecular weight is 137 g/mol. The van der Waals surface area contributed by atoms with E-state index in [0.717, 1.165) is 6.42 Å². The highest BCUT2D eigenvalue weighted by Gasteiger charge is 2.29. The molecule has 0 saturated carbocycles. The predicted octanol–water partition coefficient (Wildman–Crippen LogP) is 0.720. The van der Waals surface area contributed by atoms with Crippen LogP contribution in [0, 0.1) is 0 Å². The van der Waals surface area contributed by atoms with Crippen LogP contribution >= 0.6 is 0 Å². The molecule has 0 radical (unpaired) electrons. The number of allylic oxidation sites excluding steroid dienone is 2. The maximum atomic E-state index is 10.2. The molecule has 10 heavy (non-hydrogen) atoms. The van der Waals surface area contributed by atoms with E-state index in [9.17, 15) is 4.79 Å². The normalized spacial score (nSPS) is 26.6. The molecule has 3 nitrogen and oxygen atoms in total. The molecule has 1 amide bonds. The number of nitrogens with two attached hydrogens (primary N) is 1. The van der Waals surface area contributed by atoms with Crippen LogP contribution in [0.5, 0.6) is 0 Å². The Morgan fingerprint density at radius 3 is 3.10 bits per heavy atom. The molecule has 2 aliphatic carbocycles. The maximum Gasteiger partial charge on any atom is 0.405 e. The summed E-state index contributed by atoms with van der Waals surface area (Å²) in [5.41, 5.74) is 7.35. The van der Waals surface area contributed by atoms with Crippen molar-refractivity contribution in [2.75, 3.05) is 0 Å². The van der Waals surface area contributed by atoms with Gasteiger partial charge in [0.15, 0.2) is 0 Å². The number of primary amides is 1. The second-order valence-corrected chi connectivity index (χ2v) is 2.47. The molecule has 0 unspecified atom stereocenters. The van der Waals surface area contributed by atoms with Crippen LogP contribution in [0.4, 0.5) is 4.79 Å². The minimum atomic E-state index is -0.691. The third kappa shape index (κ3) is 0.795. The van der Waals surface area contributed by atoms with Crippen LogP contribution in [0.1, 0.15) is 6.42 Å². The van der Waals surface area contributed by atoms with Crippen molar-refractivity contribution in [2.45, 2.75) is 12.5 Å². The van der Waals surface area contributed by atoms with Crippen molar-refractivity contribution in [3.05, 3.63) is 23.3 Å². The predicted molar refractivity (Wildman–Crippen MR) is 35.2 cm³/mol. The van der Waals surface area contributed by atoms with E-state index in [1.165, 1.54) is 11.1 Å². The highest BCUT2D eigenvalue weighted by atomic mass is 16.6. The molecular weight excluding hydrogens is 130 g/mol. The van der Waals surface area contributed by atoms with Crippen LogP contribution in [-0.2, 0) is 4.74 Å². The minimum absolute atomic E-state index is 0.0903. The average Bonchev–Trinajstić information content (AvgIpc) is 2.39. The van der Waals surface area contributed by atoms with Gasteiger partial charge >= 0.3 is 6.09 Å². The van der Waals surface area contributed by atoms with Gasteiger partial charge in [-0.2, -0.15) is 0 Å². The van der Waals surface area contributed by atoms with Gasteiger partial charge in [0.2, 0.25) is 0 Å². The van der Waals surface area contributed by atoms with Crippen LogP contribution in [0.15, 0.2) is 23.3 Å². The monoisotopic (exact) mass is 137 g/mol. The van der Waals surface area contributed by atoms with E-state index in [1.807, 2.05) is 6.08 Å². The molecule has 0 aromatic heterocycles. The van der Waals surface area contributed by atoms with Gasteiger partial charge in [0.25, 0.3) is 0 Å². The lowest BCUT2D eigenvalue weighted by Gasteiger charge is -2.05. The first-order chi connectivity index (χ1) is 4.75. The maximum absolute atomic E-state index is 10.2. The highest BCUT2D eigenvalue weighted by molar-refractivity contribution is 5.67. The summed E-state index contributed by atoms with van der Waals surface area (Å²) in [6.45, 7) is 0. The molecule has 1 atom stereocenters. The molecular formula is C7H7NO2. The van der Waals surface area contributed by atoms with Gasteiger partial charge in [0.1, 0.15) is 6.10 Å². The number of hydrogen-bond acceptors (Lipinski definition) is 2. The molecule has 0 fully saturated rings. The van der Waals surface area contributed by atoms with E-state index in [4.69, 9.17) is 10.5 Å². The summed E-state index contributed by atoms with van der Waals surface area (Å²) in [6.07, 6.45) is 4.02. The standard InChI is InChI=1S/C7H7NO2/c8-7(9)10-6-2-4-1-5(4)3-6/h1-2,6H,3H2,(H2,8,9)/t6-/m0/s1. The van der Waals surface area contributed by atoms with Gasteiger partial charge < -0.3 is 10.5 Å². The van der Waals surface area contributed by atoms with Crippen LogP contribution in [0.25, 0.3) is 0 Å². The fourth-order valence-electron chi connectivity index (χ4n) is 1.18. The molecule has 0 spiro atoms. The topological polar surface area (TPSA) is 52.3 Å². The highest BCUT2D eigenvalue weighted by Crippen LogP contribution is 2.39. The van der Waals surface area contributed by atoms with Crippen molar-refractivity contribution < 1.29 is 9.53 Å². The summed E-state index contributed by atoms with van der Waals surface area (Å²) < 4.78 is 4.73. The van der Waals surface area contributed by atoms with E-state index in [-0.39, 0.29) is 6.10 Å². The fraction of sp³-hybridized carbons (Fsp3) is 0.286. The third-order valence-corrected chi connectivity index (χ3v) is 1.67. The molecule has 0 aromatic rings. The smallest absolute Gasteiger partial charge is 0.405 e. The first-order valence-corrected chi connectivity index (χ1v) is 3.14. The van der Waals surface area contributed by atoms with Crippen molar-refractivity contribution in [2.24, 2.45) is 5.73 Å². The van der Waals surface area contributed by atoms with Crippen LogP contribution in [0.2, 0.25) is 0 Å². The van der Waals surface area contributed by atoms with Crippen LogP contribution in [0.3, 0.4) is 0 Å². The SMILES string of the molecule is NC(=O)O[C@H]1C=C2C=C2C1. The second kappa shape index (κ2) is 1.62.